The van der Waals surface area contributed by atoms with E-state index in [0.29, 0.717) is 0 Å². The average Bonchev–Trinajstić information content (AvgIpc) is 3.34. The molecule has 0 fully saturated rings. The SMILES string of the molecule is c1ccc(-c2ccc(N(c3cccc(-c4ccccc4)c3)c3ccc4c(c3)-c3c(-c5ccccc5)cccc3-c3ccccc3O4)cc2)cc1. The van der Waals surface area contributed by atoms with Crippen LogP contribution in [-0.2, 0) is 0 Å². The first-order valence-corrected chi connectivity index (χ1v) is 17.0. The van der Waals surface area contributed by atoms with Crippen LogP contribution in [0.25, 0.3) is 55.6 Å². The summed E-state index contributed by atoms with van der Waals surface area (Å²) in [5.74, 6) is 1.69. The molecule has 2 nitrogen and oxygen atoms in total. The van der Waals surface area contributed by atoms with Crippen LogP contribution in [0.3, 0.4) is 0 Å². The molecule has 0 aromatic heterocycles. The first-order valence-electron chi connectivity index (χ1n) is 17.0. The molecule has 0 radical (unpaired) electrons. The highest BCUT2D eigenvalue weighted by atomic mass is 16.5. The number of para-hydroxylation sites is 1. The maximum atomic E-state index is 6.75. The molecule has 8 aromatic rings. The van der Waals surface area contributed by atoms with Crippen LogP contribution in [0, 0.1) is 0 Å². The maximum Gasteiger partial charge on any atom is 0.135 e. The third-order valence-electron chi connectivity index (χ3n) is 9.48. The zero-order valence-corrected chi connectivity index (χ0v) is 27.4. The highest BCUT2D eigenvalue weighted by Crippen LogP contribution is 2.52. The van der Waals surface area contributed by atoms with Crippen LogP contribution in [0.4, 0.5) is 17.1 Å². The molecular formula is C48H33NO. The lowest BCUT2D eigenvalue weighted by molar-refractivity contribution is 0.488. The van der Waals surface area contributed by atoms with Gasteiger partial charge in [0.2, 0.25) is 0 Å². The lowest BCUT2D eigenvalue weighted by atomic mass is 9.87. The smallest absolute Gasteiger partial charge is 0.135 e. The number of hydrogen-bond donors (Lipinski definition) is 0. The average molecular weight is 640 g/mol. The van der Waals surface area contributed by atoms with Gasteiger partial charge in [-0.15, -0.1) is 0 Å². The summed E-state index contributed by atoms with van der Waals surface area (Å²) < 4.78 is 6.75. The van der Waals surface area contributed by atoms with Gasteiger partial charge in [0.05, 0.1) is 0 Å². The molecule has 2 heteroatoms. The van der Waals surface area contributed by atoms with Crippen molar-refractivity contribution in [1.29, 1.82) is 0 Å². The van der Waals surface area contributed by atoms with E-state index >= 15 is 0 Å². The molecule has 0 amide bonds. The highest BCUT2D eigenvalue weighted by Gasteiger charge is 2.25. The van der Waals surface area contributed by atoms with E-state index in [-0.39, 0.29) is 0 Å². The van der Waals surface area contributed by atoms with Crippen molar-refractivity contribution in [2.75, 3.05) is 4.90 Å². The van der Waals surface area contributed by atoms with Crippen LogP contribution >= 0.6 is 0 Å². The van der Waals surface area contributed by atoms with Crippen molar-refractivity contribution in [1.82, 2.24) is 0 Å². The molecule has 0 unspecified atom stereocenters. The third kappa shape index (κ3) is 5.43. The van der Waals surface area contributed by atoms with Crippen LogP contribution in [0.2, 0.25) is 0 Å². The van der Waals surface area contributed by atoms with Gasteiger partial charge in [-0.3, -0.25) is 0 Å². The minimum absolute atomic E-state index is 0.834. The number of fused-ring (bicyclic) bond motifs is 5. The molecule has 0 spiro atoms. The molecule has 236 valence electrons. The summed E-state index contributed by atoms with van der Waals surface area (Å²) in [5.41, 5.74) is 14.7. The van der Waals surface area contributed by atoms with E-state index in [0.717, 1.165) is 50.8 Å². The second kappa shape index (κ2) is 12.8. The van der Waals surface area contributed by atoms with Gasteiger partial charge in [-0.25, -0.2) is 0 Å². The molecular weight excluding hydrogens is 607 g/mol. The largest absolute Gasteiger partial charge is 0.456 e. The molecule has 0 atom stereocenters. The van der Waals surface area contributed by atoms with Crippen LogP contribution in [0.5, 0.6) is 11.5 Å². The molecule has 50 heavy (non-hydrogen) atoms. The van der Waals surface area contributed by atoms with Gasteiger partial charge >= 0.3 is 0 Å². The van der Waals surface area contributed by atoms with Crippen LogP contribution in [0.15, 0.2) is 200 Å². The van der Waals surface area contributed by atoms with Gasteiger partial charge in [-0.1, -0.05) is 152 Å². The van der Waals surface area contributed by atoms with Gasteiger partial charge in [0, 0.05) is 33.8 Å². The quantitative estimate of drug-likeness (QED) is 0.179. The minimum Gasteiger partial charge on any atom is -0.456 e. The Kier molecular flexibility index (Phi) is 7.53. The summed E-state index contributed by atoms with van der Waals surface area (Å²) in [6.45, 7) is 0. The topological polar surface area (TPSA) is 12.5 Å². The van der Waals surface area contributed by atoms with Crippen molar-refractivity contribution in [3.63, 3.8) is 0 Å². The predicted octanol–water partition coefficient (Wildman–Crippen LogP) is 13.6. The van der Waals surface area contributed by atoms with Crippen molar-refractivity contribution in [3.8, 4) is 67.1 Å². The fourth-order valence-corrected chi connectivity index (χ4v) is 7.10. The van der Waals surface area contributed by atoms with E-state index < -0.39 is 0 Å². The predicted molar refractivity (Wildman–Crippen MR) is 208 cm³/mol. The van der Waals surface area contributed by atoms with E-state index in [2.05, 4.69) is 199 Å². The van der Waals surface area contributed by atoms with Gasteiger partial charge in [0.25, 0.3) is 0 Å². The fourth-order valence-electron chi connectivity index (χ4n) is 7.10. The van der Waals surface area contributed by atoms with Crippen molar-refractivity contribution < 1.29 is 4.74 Å². The number of rotatable bonds is 6. The Bertz CT molecular complexity index is 2430. The molecule has 1 aliphatic rings. The molecule has 8 aromatic carbocycles. The summed E-state index contributed by atoms with van der Waals surface area (Å²) in [7, 11) is 0. The second-order valence-corrected chi connectivity index (χ2v) is 12.5. The van der Waals surface area contributed by atoms with Crippen LogP contribution in [-0.4, -0.2) is 0 Å². The van der Waals surface area contributed by atoms with Crippen LogP contribution in [0.1, 0.15) is 0 Å². The Morgan fingerprint density at radius 1 is 0.280 bits per heavy atom. The van der Waals surface area contributed by atoms with Crippen molar-refractivity contribution in [3.05, 3.63) is 200 Å². The fraction of sp³-hybridized carbons (Fsp3) is 0. The standard InChI is InChI=1S/C48H33NO/c1-4-14-34(15-5-1)36-26-28-39(29-27-36)49(40-21-12-20-38(32-40)35-16-6-2-7-17-35)41-30-31-47-45(33-41)48-42(37-18-8-3-9-19-37)23-13-24-44(48)43-22-10-11-25-46(43)50-47/h1-33H. The molecule has 0 bridgehead atoms. The van der Waals surface area contributed by atoms with Gasteiger partial charge in [0.1, 0.15) is 11.5 Å². The Balaban J connectivity index is 1.26. The monoisotopic (exact) mass is 639 g/mol. The summed E-state index contributed by atoms with van der Waals surface area (Å²) in [5, 5.41) is 0. The molecule has 0 aliphatic carbocycles. The zero-order chi connectivity index (χ0) is 33.3. The first kappa shape index (κ1) is 29.5. The van der Waals surface area contributed by atoms with Gasteiger partial charge < -0.3 is 9.64 Å². The number of ether oxygens (including phenoxy) is 1. The summed E-state index contributed by atoms with van der Waals surface area (Å²) in [4.78, 5) is 2.35. The minimum atomic E-state index is 0.834. The molecule has 1 aliphatic heterocycles. The van der Waals surface area contributed by atoms with Crippen molar-refractivity contribution in [2.45, 2.75) is 0 Å². The van der Waals surface area contributed by atoms with E-state index in [4.69, 9.17) is 4.74 Å². The normalized spacial score (nSPS) is 11.4. The van der Waals surface area contributed by atoms with E-state index in [1.54, 1.807) is 0 Å². The Morgan fingerprint density at radius 2 is 0.780 bits per heavy atom. The lowest BCUT2D eigenvalue weighted by Crippen LogP contribution is -2.10. The van der Waals surface area contributed by atoms with Crippen molar-refractivity contribution in [2.24, 2.45) is 0 Å². The molecule has 0 N–H and O–H groups in total. The van der Waals surface area contributed by atoms with Gasteiger partial charge in [-0.05, 0) is 87.5 Å². The van der Waals surface area contributed by atoms with E-state index in [1.807, 2.05) is 6.07 Å². The number of hydrogen-bond acceptors (Lipinski definition) is 2. The first-order chi connectivity index (χ1) is 24.8. The van der Waals surface area contributed by atoms with Crippen molar-refractivity contribution >= 4 is 17.1 Å². The summed E-state index contributed by atoms with van der Waals surface area (Å²) in [6, 6.07) is 71.0. The lowest BCUT2D eigenvalue weighted by Gasteiger charge is -2.27. The Labute approximate surface area is 293 Å². The number of anilines is 3. The second-order valence-electron chi connectivity index (χ2n) is 12.5. The zero-order valence-electron chi connectivity index (χ0n) is 27.4. The Morgan fingerprint density at radius 3 is 1.52 bits per heavy atom. The van der Waals surface area contributed by atoms with Crippen LogP contribution < -0.4 is 9.64 Å². The van der Waals surface area contributed by atoms with Gasteiger partial charge in [0.15, 0.2) is 0 Å². The summed E-state index contributed by atoms with van der Waals surface area (Å²) >= 11 is 0. The maximum absolute atomic E-state index is 6.75. The van der Waals surface area contributed by atoms with E-state index in [9.17, 15) is 0 Å². The third-order valence-corrected chi connectivity index (χ3v) is 9.48. The van der Waals surface area contributed by atoms with Gasteiger partial charge in [-0.2, -0.15) is 0 Å². The summed E-state index contributed by atoms with van der Waals surface area (Å²) in [6.07, 6.45) is 0. The highest BCUT2D eigenvalue weighted by molar-refractivity contribution is 6.00. The molecule has 1 heterocycles. The van der Waals surface area contributed by atoms with E-state index in [1.165, 1.54) is 33.4 Å². The Hall–Kier alpha value is -6.64. The molecule has 9 rings (SSSR count). The molecule has 0 saturated heterocycles. The number of nitrogens with zero attached hydrogens (tertiary/aromatic N) is 1. The number of benzene rings is 8. The molecule has 0 saturated carbocycles.